The van der Waals surface area contributed by atoms with Crippen LogP contribution in [-0.4, -0.2) is 58.1 Å². The zero-order valence-corrected chi connectivity index (χ0v) is 16.3. The number of rotatable bonds is 6. The lowest BCUT2D eigenvalue weighted by Crippen LogP contribution is -2.48. The monoisotopic (exact) mass is 370 g/mol. The minimum atomic E-state index is 0.0699. The highest BCUT2D eigenvalue weighted by molar-refractivity contribution is 7.98. The molecule has 26 heavy (non-hydrogen) atoms. The number of amides is 1. The Kier molecular flexibility index (Phi) is 6.63. The molecule has 2 aromatic rings. The molecule has 0 aliphatic carbocycles. The molecule has 1 fully saturated rings. The van der Waals surface area contributed by atoms with Gasteiger partial charge in [0.15, 0.2) is 5.16 Å². The van der Waals surface area contributed by atoms with Crippen LogP contribution in [0.1, 0.15) is 35.0 Å². The fourth-order valence-electron chi connectivity index (χ4n) is 3.22. The zero-order valence-electron chi connectivity index (χ0n) is 15.5. The predicted molar refractivity (Wildman–Crippen MR) is 105 cm³/mol. The van der Waals surface area contributed by atoms with Gasteiger partial charge >= 0.3 is 0 Å². The molecular weight excluding hydrogens is 344 g/mol. The maximum Gasteiger partial charge on any atom is 0.257 e. The first kappa shape index (κ1) is 18.9. The molecule has 0 atom stereocenters. The number of hydrogen-bond acceptors (Lipinski definition) is 5. The lowest BCUT2D eigenvalue weighted by atomic mass is 10.1. The van der Waals surface area contributed by atoms with Crippen molar-refractivity contribution >= 4 is 17.7 Å². The standard InChI is InChI=1S/C20H26N4OS/c1-3-7-18-17(14-21-20(22-18)26-2)19(25)24-12-10-23(11-13-24)15-16-8-5-4-6-9-16/h4-6,8-9,14H,3,7,10-13,15H2,1-2H3. The molecule has 0 spiro atoms. The van der Waals surface area contributed by atoms with Crippen LogP contribution in [0.5, 0.6) is 0 Å². The minimum absolute atomic E-state index is 0.0699. The van der Waals surface area contributed by atoms with Crippen molar-refractivity contribution in [1.82, 2.24) is 19.8 Å². The third kappa shape index (κ3) is 4.62. The summed E-state index contributed by atoms with van der Waals surface area (Å²) in [6.45, 7) is 6.34. The second-order valence-corrected chi connectivity index (χ2v) is 7.29. The Morgan fingerprint density at radius 2 is 1.88 bits per heavy atom. The lowest BCUT2D eigenvalue weighted by molar-refractivity contribution is 0.0626. The van der Waals surface area contributed by atoms with Crippen molar-refractivity contribution in [1.29, 1.82) is 0 Å². The lowest BCUT2D eigenvalue weighted by Gasteiger charge is -2.35. The van der Waals surface area contributed by atoms with E-state index in [-0.39, 0.29) is 5.91 Å². The van der Waals surface area contributed by atoms with Crippen molar-refractivity contribution in [3.05, 3.63) is 53.3 Å². The van der Waals surface area contributed by atoms with Crippen molar-refractivity contribution in [3.8, 4) is 0 Å². The second kappa shape index (κ2) is 9.14. The maximum atomic E-state index is 13.0. The summed E-state index contributed by atoms with van der Waals surface area (Å²) in [5.74, 6) is 0.0699. The van der Waals surface area contributed by atoms with E-state index in [0.717, 1.165) is 56.4 Å². The molecule has 5 nitrogen and oxygen atoms in total. The van der Waals surface area contributed by atoms with Crippen LogP contribution >= 0.6 is 11.8 Å². The van der Waals surface area contributed by atoms with Gasteiger partial charge in [0, 0.05) is 38.9 Å². The molecule has 1 saturated heterocycles. The van der Waals surface area contributed by atoms with E-state index in [9.17, 15) is 4.79 Å². The Morgan fingerprint density at radius 3 is 2.54 bits per heavy atom. The van der Waals surface area contributed by atoms with Gasteiger partial charge in [0.25, 0.3) is 5.91 Å². The molecule has 0 radical (unpaired) electrons. The normalized spacial score (nSPS) is 15.2. The summed E-state index contributed by atoms with van der Waals surface area (Å²) in [7, 11) is 0. The highest BCUT2D eigenvalue weighted by Crippen LogP contribution is 2.17. The molecule has 3 rings (SSSR count). The molecule has 2 heterocycles. The smallest absolute Gasteiger partial charge is 0.257 e. The minimum Gasteiger partial charge on any atom is -0.336 e. The van der Waals surface area contributed by atoms with Gasteiger partial charge in [-0.3, -0.25) is 9.69 Å². The van der Waals surface area contributed by atoms with Crippen LogP contribution in [0.2, 0.25) is 0 Å². The predicted octanol–water partition coefficient (Wildman–Crippen LogP) is 3.11. The summed E-state index contributed by atoms with van der Waals surface area (Å²) in [6, 6.07) is 10.5. The summed E-state index contributed by atoms with van der Waals surface area (Å²) in [4.78, 5) is 26.2. The van der Waals surface area contributed by atoms with Crippen LogP contribution < -0.4 is 0 Å². The summed E-state index contributed by atoms with van der Waals surface area (Å²) in [5, 5.41) is 0.734. The average molecular weight is 371 g/mol. The van der Waals surface area contributed by atoms with Gasteiger partial charge in [-0.2, -0.15) is 0 Å². The number of benzene rings is 1. The number of carbonyl (C=O) groups is 1. The van der Waals surface area contributed by atoms with Gasteiger partial charge in [0.1, 0.15) is 0 Å². The maximum absolute atomic E-state index is 13.0. The van der Waals surface area contributed by atoms with Crippen molar-refractivity contribution in [2.75, 3.05) is 32.4 Å². The number of thioether (sulfide) groups is 1. The summed E-state index contributed by atoms with van der Waals surface area (Å²) in [6.07, 6.45) is 5.45. The average Bonchev–Trinajstić information content (AvgIpc) is 2.69. The first-order chi connectivity index (χ1) is 12.7. The van der Waals surface area contributed by atoms with E-state index in [4.69, 9.17) is 0 Å². The SMILES string of the molecule is CCCc1nc(SC)ncc1C(=O)N1CCN(Cc2ccccc2)CC1. The molecule has 0 bridgehead atoms. The third-order valence-corrected chi connectivity index (χ3v) is 5.22. The van der Waals surface area contributed by atoms with Gasteiger partial charge in [-0.25, -0.2) is 9.97 Å². The van der Waals surface area contributed by atoms with E-state index in [1.54, 1.807) is 6.20 Å². The molecule has 1 aliphatic heterocycles. The van der Waals surface area contributed by atoms with Crippen LogP contribution in [-0.2, 0) is 13.0 Å². The van der Waals surface area contributed by atoms with Crippen LogP contribution in [0.4, 0.5) is 0 Å². The topological polar surface area (TPSA) is 49.3 Å². The summed E-state index contributed by atoms with van der Waals surface area (Å²) >= 11 is 1.51. The molecule has 1 aromatic carbocycles. The Hall–Kier alpha value is -1.92. The molecule has 1 aliphatic rings. The van der Waals surface area contributed by atoms with Crippen LogP contribution in [0, 0.1) is 0 Å². The Morgan fingerprint density at radius 1 is 1.15 bits per heavy atom. The molecular formula is C20H26N4OS. The van der Waals surface area contributed by atoms with Crippen molar-refractivity contribution in [2.24, 2.45) is 0 Å². The molecule has 0 saturated carbocycles. The fraction of sp³-hybridized carbons (Fsp3) is 0.450. The van der Waals surface area contributed by atoms with Gasteiger partial charge < -0.3 is 4.90 Å². The van der Waals surface area contributed by atoms with Crippen LogP contribution in [0.15, 0.2) is 41.7 Å². The van der Waals surface area contributed by atoms with Crippen molar-refractivity contribution in [3.63, 3.8) is 0 Å². The van der Waals surface area contributed by atoms with Crippen LogP contribution in [0.25, 0.3) is 0 Å². The molecule has 0 unspecified atom stereocenters. The van der Waals surface area contributed by atoms with E-state index >= 15 is 0 Å². The number of hydrogen-bond donors (Lipinski definition) is 0. The van der Waals surface area contributed by atoms with Crippen molar-refractivity contribution in [2.45, 2.75) is 31.5 Å². The van der Waals surface area contributed by atoms with E-state index in [0.29, 0.717) is 5.56 Å². The Balaban J connectivity index is 1.63. The van der Waals surface area contributed by atoms with E-state index in [2.05, 4.69) is 46.1 Å². The zero-order chi connectivity index (χ0) is 18.4. The molecule has 6 heteroatoms. The molecule has 0 N–H and O–H groups in total. The van der Waals surface area contributed by atoms with Crippen molar-refractivity contribution < 1.29 is 4.79 Å². The van der Waals surface area contributed by atoms with Gasteiger partial charge in [-0.15, -0.1) is 0 Å². The first-order valence-corrected chi connectivity index (χ1v) is 10.4. The molecule has 1 amide bonds. The van der Waals surface area contributed by atoms with Crippen LogP contribution in [0.3, 0.4) is 0 Å². The number of piperazine rings is 1. The third-order valence-electron chi connectivity index (χ3n) is 4.65. The van der Waals surface area contributed by atoms with E-state index < -0.39 is 0 Å². The van der Waals surface area contributed by atoms with Gasteiger partial charge in [0.2, 0.25) is 0 Å². The van der Waals surface area contributed by atoms with Gasteiger partial charge in [-0.05, 0) is 18.2 Å². The number of aryl methyl sites for hydroxylation is 1. The Bertz CT molecular complexity index is 730. The van der Waals surface area contributed by atoms with Gasteiger partial charge in [0.05, 0.1) is 11.3 Å². The summed E-state index contributed by atoms with van der Waals surface area (Å²) < 4.78 is 0. The first-order valence-electron chi connectivity index (χ1n) is 9.16. The van der Waals surface area contributed by atoms with E-state index in [1.165, 1.54) is 17.3 Å². The fourth-order valence-corrected chi connectivity index (χ4v) is 3.58. The quantitative estimate of drug-likeness (QED) is 0.578. The summed E-state index contributed by atoms with van der Waals surface area (Å²) in [5.41, 5.74) is 2.86. The number of carbonyl (C=O) groups excluding carboxylic acids is 1. The molecule has 1 aromatic heterocycles. The highest BCUT2D eigenvalue weighted by atomic mass is 32.2. The number of nitrogens with zero attached hydrogens (tertiary/aromatic N) is 4. The van der Waals surface area contributed by atoms with E-state index in [1.807, 2.05) is 17.2 Å². The highest BCUT2D eigenvalue weighted by Gasteiger charge is 2.24. The second-order valence-electron chi connectivity index (χ2n) is 6.52. The number of aromatic nitrogens is 2. The largest absolute Gasteiger partial charge is 0.336 e. The Labute approximate surface area is 159 Å². The van der Waals surface area contributed by atoms with Gasteiger partial charge in [-0.1, -0.05) is 55.4 Å². The molecule has 138 valence electrons.